The lowest BCUT2D eigenvalue weighted by Gasteiger charge is -2.30. The number of rotatable bonds is 17. The van der Waals surface area contributed by atoms with Gasteiger partial charge >= 0.3 is 0 Å². The van der Waals surface area contributed by atoms with Crippen LogP contribution in [-0.2, 0) is 38.5 Å². The molecular weight excluding hydrogens is 532 g/mol. The van der Waals surface area contributed by atoms with Crippen molar-refractivity contribution >= 4 is 0 Å². The maximum Gasteiger partial charge on any atom is 0.161 e. The van der Waals surface area contributed by atoms with Crippen LogP contribution >= 0.6 is 0 Å². The van der Waals surface area contributed by atoms with Crippen LogP contribution in [0.25, 0.3) is 0 Å². The monoisotopic (exact) mass is 588 g/mol. The SMILES string of the molecule is CCCc1cc(C(c2ccc(O)c(OCC)c2)c2cc(CCC)c(O)c(CCC)c2CCC)c(CCC)c(CCC)c1O. The molecule has 0 saturated heterocycles. The molecule has 43 heavy (non-hydrogen) atoms. The van der Waals surface area contributed by atoms with Gasteiger partial charge in [-0.25, -0.2) is 0 Å². The fraction of sp³-hybridized carbons (Fsp3) is 0.538. The van der Waals surface area contributed by atoms with E-state index < -0.39 is 0 Å². The van der Waals surface area contributed by atoms with E-state index in [-0.39, 0.29) is 11.7 Å². The minimum Gasteiger partial charge on any atom is -0.507 e. The Morgan fingerprint density at radius 1 is 0.535 bits per heavy atom. The highest BCUT2D eigenvalue weighted by Gasteiger charge is 2.29. The van der Waals surface area contributed by atoms with Gasteiger partial charge in [0.05, 0.1) is 6.61 Å². The second-order valence-electron chi connectivity index (χ2n) is 12.0. The normalized spacial score (nSPS) is 11.4. The summed E-state index contributed by atoms with van der Waals surface area (Å²) in [4.78, 5) is 0. The molecule has 0 aliphatic carbocycles. The summed E-state index contributed by atoms with van der Waals surface area (Å²) in [5, 5.41) is 33.9. The molecular formula is C39H56O4. The Hall–Kier alpha value is -3.14. The third-order valence-electron chi connectivity index (χ3n) is 8.54. The first kappa shape index (κ1) is 34.4. The number of hydrogen-bond donors (Lipinski definition) is 3. The van der Waals surface area contributed by atoms with Gasteiger partial charge in [-0.05, 0) is 108 Å². The van der Waals surface area contributed by atoms with Crippen LogP contribution in [0.2, 0.25) is 0 Å². The topological polar surface area (TPSA) is 69.9 Å². The van der Waals surface area contributed by atoms with Crippen molar-refractivity contribution < 1.29 is 20.1 Å². The van der Waals surface area contributed by atoms with E-state index >= 15 is 0 Å². The standard InChI is InChI=1S/C39H56O4/c1-8-15-27-23-33(29(17-10-3)31(19-12-5)38(27)41)37(26-21-22-35(40)36(25-26)43-14-7)34-24-28(16-9-2)39(42)32(20-13-6)30(34)18-11-4/h21-25,37,40-42H,8-20H2,1-7H3. The largest absolute Gasteiger partial charge is 0.507 e. The number of hydrogen-bond acceptors (Lipinski definition) is 4. The molecule has 3 aromatic carbocycles. The molecule has 0 fully saturated rings. The van der Waals surface area contributed by atoms with Gasteiger partial charge in [-0.2, -0.15) is 0 Å². The Labute approximate surface area is 261 Å². The van der Waals surface area contributed by atoms with E-state index in [1.807, 2.05) is 19.1 Å². The highest BCUT2D eigenvalue weighted by Crippen LogP contribution is 2.46. The Balaban J connectivity index is 2.58. The summed E-state index contributed by atoms with van der Waals surface area (Å²) < 4.78 is 5.91. The third kappa shape index (κ3) is 7.69. The molecule has 3 N–H and O–H groups in total. The molecule has 3 rings (SSSR count). The molecule has 0 saturated carbocycles. The zero-order chi connectivity index (χ0) is 31.5. The molecule has 4 heteroatoms. The maximum absolute atomic E-state index is 11.6. The van der Waals surface area contributed by atoms with Crippen molar-refractivity contribution in [1.82, 2.24) is 0 Å². The predicted molar refractivity (Wildman–Crippen MR) is 180 cm³/mol. The van der Waals surface area contributed by atoms with Gasteiger partial charge < -0.3 is 20.1 Å². The Morgan fingerprint density at radius 3 is 1.35 bits per heavy atom. The van der Waals surface area contributed by atoms with E-state index in [2.05, 4.69) is 53.7 Å². The van der Waals surface area contributed by atoms with Gasteiger partial charge in [0.25, 0.3) is 0 Å². The highest BCUT2D eigenvalue weighted by atomic mass is 16.5. The minimum atomic E-state index is -0.137. The number of aryl methyl sites for hydroxylation is 2. The summed E-state index contributed by atoms with van der Waals surface area (Å²) in [6.45, 7) is 15.5. The first-order valence-corrected chi connectivity index (χ1v) is 17.0. The molecule has 4 nitrogen and oxygen atoms in total. The quantitative estimate of drug-likeness (QED) is 0.137. The van der Waals surface area contributed by atoms with Crippen LogP contribution in [0, 0.1) is 0 Å². The van der Waals surface area contributed by atoms with Crippen LogP contribution in [0.15, 0.2) is 30.3 Å². The van der Waals surface area contributed by atoms with E-state index in [1.54, 1.807) is 6.07 Å². The van der Waals surface area contributed by atoms with Crippen molar-refractivity contribution in [1.29, 1.82) is 0 Å². The molecule has 0 aromatic heterocycles. The predicted octanol–water partition coefficient (Wildman–Crippen LogP) is 10.1. The van der Waals surface area contributed by atoms with E-state index in [1.165, 1.54) is 22.3 Å². The van der Waals surface area contributed by atoms with E-state index in [0.717, 1.165) is 105 Å². The van der Waals surface area contributed by atoms with Crippen molar-refractivity contribution in [3.8, 4) is 23.0 Å². The van der Waals surface area contributed by atoms with Crippen LogP contribution < -0.4 is 4.74 Å². The first-order valence-electron chi connectivity index (χ1n) is 17.0. The molecule has 0 radical (unpaired) electrons. The van der Waals surface area contributed by atoms with E-state index in [4.69, 9.17) is 4.74 Å². The number of aromatic hydroxyl groups is 3. The highest BCUT2D eigenvalue weighted by molar-refractivity contribution is 5.61. The maximum atomic E-state index is 11.6. The van der Waals surface area contributed by atoms with Gasteiger partial charge in [0.1, 0.15) is 11.5 Å². The summed E-state index contributed by atoms with van der Waals surface area (Å²) in [5.74, 6) is 1.42. The lowest BCUT2D eigenvalue weighted by Crippen LogP contribution is -2.15. The fourth-order valence-corrected chi connectivity index (χ4v) is 6.78. The van der Waals surface area contributed by atoms with Crippen LogP contribution in [0.1, 0.15) is 143 Å². The van der Waals surface area contributed by atoms with Gasteiger partial charge in [-0.15, -0.1) is 0 Å². The van der Waals surface area contributed by atoms with Crippen LogP contribution in [-0.4, -0.2) is 21.9 Å². The number of benzene rings is 3. The average Bonchev–Trinajstić information content (AvgIpc) is 2.99. The summed E-state index contributed by atoms with van der Waals surface area (Å²) in [6.07, 6.45) is 10.8. The van der Waals surface area contributed by atoms with Crippen molar-refractivity contribution in [2.45, 2.75) is 131 Å². The first-order chi connectivity index (χ1) is 20.8. The van der Waals surface area contributed by atoms with Gasteiger partial charge in [0.15, 0.2) is 11.5 Å². The molecule has 0 heterocycles. The Bertz CT molecular complexity index is 1260. The lowest BCUT2D eigenvalue weighted by atomic mass is 9.74. The van der Waals surface area contributed by atoms with Crippen LogP contribution in [0.3, 0.4) is 0 Å². The van der Waals surface area contributed by atoms with Crippen molar-refractivity contribution in [3.63, 3.8) is 0 Å². The molecule has 0 amide bonds. The molecule has 0 unspecified atom stereocenters. The van der Waals surface area contributed by atoms with Crippen molar-refractivity contribution in [3.05, 3.63) is 80.4 Å². The van der Waals surface area contributed by atoms with Gasteiger partial charge in [-0.3, -0.25) is 0 Å². The van der Waals surface area contributed by atoms with Gasteiger partial charge in [-0.1, -0.05) is 98.3 Å². The lowest BCUT2D eigenvalue weighted by molar-refractivity contribution is 0.317. The third-order valence-corrected chi connectivity index (χ3v) is 8.54. The average molecular weight is 589 g/mol. The zero-order valence-corrected chi connectivity index (χ0v) is 27.9. The van der Waals surface area contributed by atoms with Crippen molar-refractivity contribution in [2.24, 2.45) is 0 Å². The molecule has 0 atom stereocenters. The minimum absolute atomic E-state index is 0.137. The number of phenolic OH excluding ortho intramolecular Hbond substituents is 3. The zero-order valence-electron chi connectivity index (χ0n) is 27.9. The number of ether oxygens (including phenoxy) is 1. The Morgan fingerprint density at radius 2 is 0.953 bits per heavy atom. The second-order valence-corrected chi connectivity index (χ2v) is 12.0. The summed E-state index contributed by atoms with van der Waals surface area (Å²) in [6, 6.07) is 10.3. The van der Waals surface area contributed by atoms with Gasteiger partial charge in [0, 0.05) is 5.92 Å². The molecule has 0 aliphatic rings. The molecule has 0 bridgehead atoms. The fourth-order valence-electron chi connectivity index (χ4n) is 6.78. The van der Waals surface area contributed by atoms with Gasteiger partial charge in [0.2, 0.25) is 0 Å². The summed E-state index contributed by atoms with van der Waals surface area (Å²) >= 11 is 0. The van der Waals surface area contributed by atoms with Crippen molar-refractivity contribution in [2.75, 3.05) is 6.61 Å². The summed E-state index contributed by atoms with van der Waals surface area (Å²) in [7, 11) is 0. The second kappa shape index (κ2) is 16.6. The van der Waals surface area contributed by atoms with E-state index in [9.17, 15) is 15.3 Å². The van der Waals surface area contributed by atoms with Crippen LogP contribution in [0.4, 0.5) is 0 Å². The molecule has 0 aliphatic heterocycles. The Kier molecular flexibility index (Phi) is 13.3. The summed E-state index contributed by atoms with van der Waals surface area (Å²) in [5.41, 5.74) is 10.2. The van der Waals surface area contributed by atoms with E-state index in [0.29, 0.717) is 23.9 Å². The molecule has 236 valence electrons. The number of phenols is 3. The van der Waals surface area contributed by atoms with Crippen LogP contribution in [0.5, 0.6) is 23.0 Å². The molecule has 3 aromatic rings. The smallest absolute Gasteiger partial charge is 0.161 e. The molecule has 0 spiro atoms.